The number of imidazole rings is 1. The zero-order valence-corrected chi connectivity index (χ0v) is 16.9. The predicted octanol–water partition coefficient (Wildman–Crippen LogP) is 3.25. The molecule has 1 rings (SSSR count). The second-order valence-electron chi connectivity index (χ2n) is 5.41. The summed E-state index contributed by atoms with van der Waals surface area (Å²) in [6, 6.07) is 0. The van der Waals surface area contributed by atoms with Gasteiger partial charge in [0.1, 0.15) is 18.5 Å². The van der Waals surface area contributed by atoms with Crippen molar-refractivity contribution in [2.24, 2.45) is 7.05 Å². The molecule has 0 saturated heterocycles. The van der Waals surface area contributed by atoms with E-state index in [0.29, 0.717) is 37.8 Å². The molecule has 1 heterocycles. The van der Waals surface area contributed by atoms with Crippen LogP contribution in [0.4, 0.5) is 5.95 Å². The summed E-state index contributed by atoms with van der Waals surface area (Å²) in [7, 11) is -1.76. The Kier molecular flexibility index (Phi) is 9.02. The Morgan fingerprint density at radius 1 is 1.32 bits per heavy atom. The molecule has 0 aliphatic heterocycles. The molecule has 0 saturated carbocycles. The van der Waals surface area contributed by atoms with Crippen LogP contribution in [0.25, 0.3) is 0 Å². The van der Waals surface area contributed by atoms with E-state index in [4.69, 9.17) is 16.1 Å². The number of alkyl halides is 1. The molecule has 0 radical (unpaired) electrons. The highest BCUT2D eigenvalue weighted by Crippen LogP contribution is 2.54. The van der Waals surface area contributed by atoms with Gasteiger partial charge in [0.05, 0.1) is 7.05 Å². The average Bonchev–Trinajstić information content (AvgIpc) is 2.96. The largest absolute Gasteiger partial charge is 0.434 e. The minimum atomic E-state index is -3.30. The molecule has 144 valence electrons. The lowest BCUT2D eigenvalue weighted by atomic mass is 10.5. The number of hydrogen-bond donors (Lipinski definition) is 0. The van der Waals surface area contributed by atoms with Crippen molar-refractivity contribution in [3.8, 4) is 0 Å². The summed E-state index contributed by atoms with van der Waals surface area (Å²) < 4.78 is 24.4. The number of nitrogens with zero attached hydrogens (tertiary/aromatic N) is 5. The normalized spacial score (nSPS) is 14.2. The monoisotopic (exact) mass is 395 g/mol. The van der Waals surface area contributed by atoms with Gasteiger partial charge in [0.2, 0.25) is 0 Å². The molecule has 1 aromatic rings. The van der Waals surface area contributed by atoms with Crippen LogP contribution in [0.1, 0.15) is 32.9 Å². The lowest BCUT2D eigenvalue weighted by Gasteiger charge is -2.36. The lowest BCUT2D eigenvalue weighted by molar-refractivity contribution is -0.396. The molecule has 1 atom stereocenters. The van der Waals surface area contributed by atoms with E-state index in [0.717, 1.165) is 6.42 Å². The van der Waals surface area contributed by atoms with Crippen molar-refractivity contribution in [1.29, 1.82) is 0 Å². The molecular weight excluding hydrogens is 369 g/mol. The number of rotatable bonds is 12. The van der Waals surface area contributed by atoms with Gasteiger partial charge < -0.3 is 10.1 Å². The molecule has 0 aliphatic carbocycles. The van der Waals surface area contributed by atoms with Crippen LogP contribution in [-0.4, -0.2) is 55.9 Å². The molecule has 0 bridgehead atoms. The Bertz CT molecular complexity index is 594. The Labute approximate surface area is 153 Å². The van der Waals surface area contributed by atoms with Crippen LogP contribution >= 0.6 is 19.3 Å². The van der Waals surface area contributed by atoms with Crippen LogP contribution < -0.4 is 0 Å². The van der Waals surface area contributed by atoms with Gasteiger partial charge >= 0.3 is 13.6 Å². The van der Waals surface area contributed by atoms with Crippen LogP contribution in [0.5, 0.6) is 0 Å². The highest BCUT2D eigenvalue weighted by atomic mass is 35.5. The second-order valence-corrected chi connectivity index (χ2v) is 8.16. The van der Waals surface area contributed by atoms with E-state index in [1.807, 2.05) is 25.4 Å². The highest BCUT2D eigenvalue weighted by Gasteiger charge is 2.37. The molecule has 9 nitrogen and oxygen atoms in total. The first-order chi connectivity index (χ1) is 11.8. The molecule has 0 aromatic carbocycles. The van der Waals surface area contributed by atoms with Gasteiger partial charge in [-0.25, -0.2) is 13.9 Å². The third-order valence-corrected chi connectivity index (χ3v) is 6.90. The van der Waals surface area contributed by atoms with Crippen molar-refractivity contribution in [3.63, 3.8) is 0 Å². The molecule has 0 spiro atoms. The highest BCUT2D eigenvalue weighted by molar-refractivity contribution is 7.53. The number of aromatic nitrogens is 2. The Morgan fingerprint density at radius 2 is 1.92 bits per heavy atom. The van der Waals surface area contributed by atoms with E-state index in [1.165, 1.54) is 17.8 Å². The summed E-state index contributed by atoms with van der Waals surface area (Å²) in [5.74, 6) is 0.0599. The first kappa shape index (κ1) is 22.1. The molecular formula is C14H27ClN5O4P. The topological polar surface area (TPSA) is 93.7 Å². The Hall–Kier alpha value is -0.990. The zero-order valence-electron chi connectivity index (χ0n) is 15.2. The van der Waals surface area contributed by atoms with E-state index in [-0.39, 0.29) is 12.6 Å². The maximum atomic E-state index is 13.7. The summed E-state index contributed by atoms with van der Waals surface area (Å²) in [4.78, 5) is 14.1. The van der Waals surface area contributed by atoms with Crippen molar-refractivity contribution >= 4 is 25.2 Å². The summed E-state index contributed by atoms with van der Waals surface area (Å²) in [5, 5.41) is 10.9. The van der Waals surface area contributed by atoms with E-state index < -0.39 is 12.6 Å². The fraction of sp³-hybridized carbons (Fsp3) is 0.786. The molecule has 1 unspecified atom stereocenters. The number of halogens is 1. The van der Waals surface area contributed by atoms with Crippen molar-refractivity contribution in [1.82, 2.24) is 18.9 Å². The van der Waals surface area contributed by atoms with Gasteiger partial charge in [-0.05, 0) is 11.3 Å². The molecule has 0 amide bonds. The van der Waals surface area contributed by atoms with Crippen molar-refractivity contribution < 1.29 is 14.0 Å². The van der Waals surface area contributed by atoms with Gasteiger partial charge in [0.15, 0.2) is 0 Å². The van der Waals surface area contributed by atoms with Gasteiger partial charge in [-0.2, -0.15) is 0 Å². The van der Waals surface area contributed by atoms with Gasteiger partial charge in [-0.1, -0.05) is 25.8 Å². The SMILES string of the molecule is CCCN(CC)P(=O)(OCc1cnc([N+](=O)[O-])n1C)N(CC)CCCl. The number of hydrogen-bond acceptors (Lipinski definition) is 5. The molecule has 25 heavy (non-hydrogen) atoms. The van der Waals surface area contributed by atoms with Gasteiger partial charge in [-0.15, -0.1) is 11.6 Å². The average molecular weight is 396 g/mol. The van der Waals surface area contributed by atoms with Crippen molar-refractivity contribution in [2.75, 3.05) is 32.1 Å². The van der Waals surface area contributed by atoms with Crippen LogP contribution in [0.2, 0.25) is 0 Å². The molecule has 0 aliphatic rings. The van der Waals surface area contributed by atoms with Crippen LogP contribution in [0, 0.1) is 10.1 Å². The first-order valence-corrected chi connectivity index (χ1v) is 10.4. The van der Waals surface area contributed by atoms with Gasteiger partial charge in [0, 0.05) is 32.1 Å². The van der Waals surface area contributed by atoms with Crippen LogP contribution in [0.3, 0.4) is 0 Å². The lowest BCUT2D eigenvalue weighted by Crippen LogP contribution is -2.34. The number of nitro groups is 1. The van der Waals surface area contributed by atoms with Crippen molar-refractivity contribution in [3.05, 3.63) is 22.0 Å². The zero-order chi connectivity index (χ0) is 19.0. The van der Waals surface area contributed by atoms with E-state index >= 15 is 0 Å². The third-order valence-electron chi connectivity index (χ3n) is 3.87. The maximum absolute atomic E-state index is 13.7. The van der Waals surface area contributed by atoms with E-state index in [2.05, 4.69) is 4.98 Å². The fourth-order valence-electron chi connectivity index (χ4n) is 2.51. The molecule has 0 fully saturated rings. The molecule has 1 aromatic heterocycles. The van der Waals surface area contributed by atoms with Crippen LogP contribution in [-0.2, 0) is 22.7 Å². The summed E-state index contributed by atoms with van der Waals surface area (Å²) in [6.45, 7) is 7.94. The minimum Gasteiger partial charge on any atom is -0.390 e. The quantitative estimate of drug-likeness (QED) is 0.232. The fourth-order valence-corrected chi connectivity index (χ4v) is 5.34. The Balaban J connectivity index is 3.08. The molecule has 11 heteroatoms. The smallest absolute Gasteiger partial charge is 0.390 e. The van der Waals surface area contributed by atoms with Crippen LogP contribution in [0.15, 0.2) is 6.20 Å². The minimum absolute atomic E-state index is 0.0341. The third kappa shape index (κ3) is 5.24. The van der Waals surface area contributed by atoms with E-state index in [1.54, 1.807) is 4.67 Å². The van der Waals surface area contributed by atoms with Gasteiger partial charge in [-0.3, -0.25) is 9.09 Å². The second kappa shape index (κ2) is 10.2. The Morgan fingerprint density at radius 3 is 2.36 bits per heavy atom. The predicted molar refractivity (Wildman–Crippen MR) is 97.8 cm³/mol. The summed E-state index contributed by atoms with van der Waals surface area (Å²) >= 11 is 5.86. The summed E-state index contributed by atoms with van der Waals surface area (Å²) in [5.41, 5.74) is 0.487. The van der Waals surface area contributed by atoms with Crippen molar-refractivity contribution in [2.45, 2.75) is 33.8 Å². The van der Waals surface area contributed by atoms with E-state index in [9.17, 15) is 14.7 Å². The summed E-state index contributed by atoms with van der Waals surface area (Å²) in [6.07, 6.45) is 2.20. The maximum Gasteiger partial charge on any atom is 0.434 e. The standard InChI is InChI=1S/C14H27ClN5O4P/c1-5-9-18(6-2)25(23,19(7-3)10-8-15)24-12-13-11-16-14(17(13)4)20(21)22/h11H,5-10,12H2,1-4H3. The molecule has 0 N–H and O–H groups in total. The van der Waals surface area contributed by atoms with Gasteiger partial charge in [0.25, 0.3) is 0 Å². The first-order valence-electron chi connectivity index (χ1n) is 8.31.